The lowest BCUT2D eigenvalue weighted by molar-refractivity contribution is -0.0893. The summed E-state index contributed by atoms with van der Waals surface area (Å²) < 4.78 is 12.4. The van der Waals surface area contributed by atoms with Crippen molar-refractivity contribution in [2.24, 2.45) is 5.92 Å². The zero-order valence-corrected chi connectivity index (χ0v) is 17.9. The first-order chi connectivity index (χ1) is 13.1. The fourth-order valence-corrected chi connectivity index (χ4v) is 3.89. The average Bonchev–Trinajstić information content (AvgIpc) is 2.97. The van der Waals surface area contributed by atoms with Crippen LogP contribution in [-0.4, -0.2) is 23.8 Å². The molecule has 28 heavy (non-hydrogen) atoms. The minimum absolute atomic E-state index is 0.343. The van der Waals surface area contributed by atoms with Gasteiger partial charge in [-0.25, -0.2) is 0 Å². The van der Waals surface area contributed by atoms with Gasteiger partial charge < -0.3 is 14.2 Å². The molecule has 0 saturated heterocycles. The summed E-state index contributed by atoms with van der Waals surface area (Å²) in [6.07, 6.45) is 5.39. The number of rotatable bonds is 4. The predicted molar refractivity (Wildman–Crippen MR) is 119 cm³/mol. The van der Waals surface area contributed by atoms with Crippen LogP contribution in [0, 0.1) is 5.92 Å². The number of allylic oxidation sites excluding steroid dienone is 1. The molecule has 5 heteroatoms. The van der Waals surface area contributed by atoms with Crippen molar-refractivity contribution in [1.29, 1.82) is 0 Å². The van der Waals surface area contributed by atoms with Gasteiger partial charge >= 0.3 is 7.48 Å². The number of halogens is 1. The second-order valence-electron chi connectivity index (χ2n) is 8.95. The van der Waals surface area contributed by atoms with Crippen LogP contribution in [-0.2, 0) is 11.1 Å². The van der Waals surface area contributed by atoms with E-state index in [0.717, 1.165) is 33.8 Å². The maximum atomic E-state index is 10.4. The highest BCUT2D eigenvalue weighted by Crippen LogP contribution is 2.36. The third-order valence-electron chi connectivity index (χ3n) is 6.12. The van der Waals surface area contributed by atoms with Crippen molar-refractivity contribution >= 4 is 52.6 Å². The molecule has 1 heterocycles. The van der Waals surface area contributed by atoms with Crippen LogP contribution >= 0.6 is 11.6 Å². The van der Waals surface area contributed by atoms with Crippen LogP contribution in [0.5, 0.6) is 0 Å². The Morgan fingerprint density at radius 3 is 2.68 bits per heavy atom. The summed E-state index contributed by atoms with van der Waals surface area (Å²) in [4.78, 5) is 0. The molecule has 1 N–H and O–H groups in total. The van der Waals surface area contributed by atoms with Crippen LogP contribution in [0.1, 0.15) is 45.7 Å². The minimum atomic E-state index is -0.968. The Balaban J connectivity index is 1.85. The van der Waals surface area contributed by atoms with Gasteiger partial charge in [0, 0.05) is 27.4 Å². The summed E-state index contributed by atoms with van der Waals surface area (Å²) in [5, 5.41) is 13.2. The summed E-state index contributed by atoms with van der Waals surface area (Å²) in [5.74, 6) is 0.491. The number of benzene rings is 2. The normalized spacial score (nSPS) is 17.3. The molecular weight excluding hydrogens is 371 g/mol. The van der Waals surface area contributed by atoms with Crippen LogP contribution < -0.4 is 5.46 Å². The Bertz CT molecular complexity index is 1090. The molecule has 0 spiro atoms. The van der Waals surface area contributed by atoms with Gasteiger partial charge in [0.15, 0.2) is 0 Å². The number of furan rings is 1. The van der Waals surface area contributed by atoms with E-state index in [-0.39, 0.29) is 0 Å². The topological polar surface area (TPSA) is 42.6 Å². The molecule has 1 unspecified atom stereocenters. The summed E-state index contributed by atoms with van der Waals surface area (Å²) in [6.45, 7) is 9.53. The maximum absolute atomic E-state index is 10.4. The molecule has 0 aliphatic heterocycles. The Morgan fingerprint density at radius 1 is 1.21 bits per heavy atom. The molecule has 1 aliphatic rings. The molecule has 0 amide bonds. The molecule has 1 aliphatic carbocycles. The minimum Gasteiger partial charge on any atom is -0.456 e. The van der Waals surface area contributed by atoms with Gasteiger partial charge in [-0.3, -0.25) is 0 Å². The monoisotopic (exact) mass is 396 g/mol. The molecule has 2 aromatic carbocycles. The van der Waals surface area contributed by atoms with E-state index in [1.54, 1.807) is 13.8 Å². The van der Waals surface area contributed by atoms with Gasteiger partial charge in [0.25, 0.3) is 0 Å². The van der Waals surface area contributed by atoms with Crippen LogP contribution in [0.2, 0.25) is 5.02 Å². The van der Waals surface area contributed by atoms with Crippen LogP contribution in [0.3, 0.4) is 0 Å². The fourth-order valence-electron chi connectivity index (χ4n) is 3.66. The fraction of sp³-hybridized carbons (Fsp3) is 0.391. The summed E-state index contributed by atoms with van der Waals surface area (Å²) in [7, 11) is 0.343. The van der Waals surface area contributed by atoms with Gasteiger partial charge in [-0.05, 0) is 63.2 Å². The molecular formula is C23H26BClO3. The van der Waals surface area contributed by atoms with Crippen LogP contribution in [0.15, 0.2) is 34.8 Å². The molecule has 0 saturated carbocycles. The molecule has 3 aromatic rings. The van der Waals surface area contributed by atoms with E-state index in [9.17, 15) is 5.11 Å². The second-order valence-corrected chi connectivity index (χ2v) is 9.39. The van der Waals surface area contributed by atoms with Crippen LogP contribution in [0.4, 0.5) is 0 Å². The van der Waals surface area contributed by atoms with Crippen molar-refractivity contribution in [2.45, 2.75) is 52.2 Å². The van der Waals surface area contributed by atoms with E-state index in [4.69, 9.17) is 20.7 Å². The van der Waals surface area contributed by atoms with E-state index >= 15 is 0 Å². The van der Waals surface area contributed by atoms with Gasteiger partial charge in [0.2, 0.25) is 0 Å². The van der Waals surface area contributed by atoms with E-state index in [2.05, 4.69) is 31.2 Å². The molecule has 3 nitrogen and oxygen atoms in total. The van der Waals surface area contributed by atoms with Gasteiger partial charge in [-0.15, -0.1) is 0 Å². The standard InChI is InChI=1S/C23H26BClO3/c1-13-6-7-14-8-9-16-20-18(24-28-23(4,5)22(2,3)26)11-15(25)12-19(20)27-21(16)17(14)10-13/h6-9,11-13,24,26H,10H2,1-5H3. The van der Waals surface area contributed by atoms with E-state index in [0.29, 0.717) is 18.4 Å². The maximum Gasteiger partial charge on any atom is 0.310 e. The smallest absolute Gasteiger partial charge is 0.310 e. The highest BCUT2D eigenvalue weighted by atomic mass is 35.5. The zero-order valence-electron chi connectivity index (χ0n) is 17.1. The number of hydrogen-bond donors (Lipinski definition) is 1. The van der Waals surface area contributed by atoms with Crippen molar-refractivity contribution in [3.63, 3.8) is 0 Å². The summed E-state index contributed by atoms with van der Waals surface area (Å²) in [5.41, 5.74) is 3.48. The van der Waals surface area contributed by atoms with Crippen LogP contribution in [0.25, 0.3) is 28.0 Å². The molecule has 0 bridgehead atoms. The predicted octanol–water partition coefficient (Wildman–Crippen LogP) is 4.99. The van der Waals surface area contributed by atoms with Gasteiger partial charge in [0.05, 0.1) is 11.2 Å². The van der Waals surface area contributed by atoms with Gasteiger partial charge in [0.1, 0.15) is 11.2 Å². The van der Waals surface area contributed by atoms with E-state index in [1.807, 2.05) is 26.0 Å². The average molecular weight is 397 g/mol. The Kier molecular flexibility index (Phi) is 4.65. The summed E-state index contributed by atoms with van der Waals surface area (Å²) in [6, 6.07) is 8.09. The quantitative estimate of drug-likeness (QED) is 0.632. The van der Waals surface area contributed by atoms with Crippen molar-refractivity contribution in [3.05, 3.63) is 46.5 Å². The first-order valence-electron chi connectivity index (χ1n) is 9.78. The molecule has 4 rings (SSSR count). The second kappa shape index (κ2) is 6.65. The third kappa shape index (κ3) is 3.28. The SMILES string of the molecule is CC1C=Cc2ccc3c(oc4cc(Cl)cc(BOC(C)(C)C(C)(C)O)c43)c2C1. The lowest BCUT2D eigenvalue weighted by atomic mass is 9.80. The molecule has 146 valence electrons. The molecule has 0 radical (unpaired) electrons. The highest BCUT2D eigenvalue weighted by Gasteiger charge is 2.36. The van der Waals surface area contributed by atoms with E-state index < -0.39 is 11.2 Å². The van der Waals surface area contributed by atoms with Crippen molar-refractivity contribution in [2.75, 3.05) is 0 Å². The van der Waals surface area contributed by atoms with Gasteiger partial charge in [-0.2, -0.15) is 0 Å². The lowest BCUT2D eigenvalue weighted by Gasteiger charge is -2.37. The lowest BCUT2D eigenvalue weighted by Crippen LogP contribution is -2.49. The first-order valence-corrected chi connectivity index (χ1v) is 10.2. The molecule has 1 aromatic heterocycles. The summed E-state index contributed by atoms with van der Waals surface area (Å²) >= 11 is 6.38. The molecule has 1 atom stereocenters. The number of fused-ring (bicyclic) bond motifs is 5. The number of aliphatic hydroxyl groups is 1. The van der Waals surface area contributed by atoms with Crippen molar-refractivity contribution in [3.8, 4) is 0 Å². The molecule has 0 fully saturated rings. The van der Waals surface area contributed by atoms with Crippen molar-refractivity contribution < 1.29 is 14.2 Å². The zero-order chi connectivity index (χ0) is 20.3. The Labute approximate surface area is 171 Å². The van der Waals surface area contributed by atoms with Gasteiger partial charge in [-0.1, -0.05) is 36.7 Å². The third-order valence-corrected chi connectivity index (χ3v) is 6.34. The highest BCUT2D eigenvalue weighted by molar-refractivity contribution is 6.53. The first kappa shape index (κ1) is 19.6. The van der Waals surface area contributed by atoms with Crippen molar-refractivity contribution in [1.82, 2.24) is 0 Å². The largest absolute Gasteiger partial charge is 0.456 e. The Morgan fingerprint density at radius 2 is 1.96 bits per heavy atom. The Hall–Kier alpha value is -1.75. The number of hydrogen-bond acceptors (Lipinski definition) is 3. The van der Waals surface area contributed by atoms with E-state index in [1.165, 1.54) is 11.1 Å².